The number of nitrogens with one attached hydrogen (secondary N) is 1. The lowest BCUT2D eigenvalue weighted by atomic mass is 10.2. The third-order valence-electron chi connectivity index (χ3n) is 2.83. The Labute approximate surface area is 123 Å². The fourth-order valence-electron chi connectivity index (χ4n) is 1.65. The standard InChI is InChI=1S/C15H19N3O3/c1-11(2)15-16-14(21-18-15)9-8-13(19)17-20-10-12-6-4-3-5-7-12/h3-7,11H,8-10H2,1-2H3,(H,17,19). The molecule has 0 fully saturated rings. The van der Waals surface area contributed by atoms with Gasteiger partial charge >= 0.3 is 0 Å². The highest BCUT2D eigenvalue weighted by Crippen LogP contribution is 2.10. The monoisotopic (exact) mass is 289 g/mol. The average molecular weight is 289 g/mol. The molecule has 0 aliphatic carbocycles. The van der Waals surface area contributed by atoms with Crippen molar-refractivity contribution in [1.29, 1.82) is 0 Å². The fourth-order valence-corrected chi connectivity index (χ4v) is 1.65. The van der Waals surface area contributed by atoms with Crippen LogP contribution in [0.5, 0.6) is 0 Å². The molecule has 0 saturated carbocycles. The van der Waals surface area contributed by atoms with Crippen molar-refractivity contribution in [2.75, 3.05) is 0 Å². The van der Waals surface area contributed by atoms with E-state index in [9.17, 15) is 4.79 Å². The van der Waals surface area contributed by atoms with Crippen LogP contribution in [0.3, 0.4) is 0 Å². The second-order valence-corrected chi connectivity index (χ2v) is 5.00. The number of hydrogen-bond donors (Lipinski definition) is 1. The van der Waals surface area contributed by atoms with Gasteiger partial charge in [-0.15, -0.1) is 0 Å². The van der Waals surface area contributed by atoms with Crippen LogP contribution < -0.4 is 5.48 Å². The molecule has 0 radical (unpaired) electrons. The minimum Gasteiger partial charge on any atom is -0.339 e. The third-order valence-corrected chi connectivity index (χ3v) is 2.83. The highest BCUT2D eigenvalue weighted by Gasteiger charge is 2.11. The van der Waals surface area contributed by atoms with E-state index in [1.54, 1.807) is 0 Å². The molecule has 21 heavy (non-hydrogen) atoms. The third kappa shape index (κ3) is 5.00. The summed E-state index contributed by atoms with van der Waals surface area (Å²) in [6.07, 6.45) is 0.648. The van der Waals surface area contributed by atoms with Crippen molar-refractivity contribution in [1.82, 2.24) is 15.6 Å². The van der Waals surface area contributed by atoms with Crippen molar-refractivity contribution < 1.29 is 14.2 Å². The number of aryl methyl sites for hydroxylation is 1. The number of hydrogen-bond acceptors (Lipinski definition) is 5. The van der Waals surface area contributed by atoms with Gasteiger partial charge in [0.05, 0.1) is 6.61 Å². The molecule has 0 spiro atoms. The van der Waals surface area contributed by atoms with E-state index >= 15 is 0 Å². The van der Waals surface area contributed by atoms with Gasteiger partial charge in [0.2, 0.25) is 11.8 Å². The van der Waals surface area contributed by atoms with Gasteiger partial charge in [-0.05, 0) is 5.56 Å². The van der Waals surface area contributed by atoms with Crippen LogP contribution in [-0.4, -0.2) is 16.0 Å². The van der Waals surface area contributed by atoms with Crippen molar-refractivity contribution >= 4 is 5.91 Å². The molecule has 1 heterocycles. The molecule has 112 valence electrons. The van der Waals surface area contributed by atoms with Crippen molar-refractivity contribution in [3.63, 3.8) is 0 Å². The molecule has 0 aliphatic rings. The summed E-state index contributed by atoms with van der Waals surface area (Å²) in [4.78, 5) is 21.0. The molecular weight excluding hydrogens is 270 g/mol. The molecule has 6 heteroatoms. The maximum atomic E-state index is 11.6. The van der Waals surface area contributed by atoms with Gasteiger partial charge < -0.3 is 4.52 Å². The van der Waals surface area contributed by atoms with E-state index in [1.807, 2.05) is 44.2 Å². The van der Waals surface area contributed by atoms with Gasteiger partial charge in [0, 0.05) is 18.8 Å². The van der Waals surface area contributed by atoms with Gasteiger partial charge in [0.15, 0.2) is 5.82 Å². The summed E-state index contributed by atoms with van der Waals surface area (Å²) in [5.74, 6) is 1.13. The molecule has 1 N–H and O–H groups in total. The van der Waals surface area contributed by atoms with Gasteiger partial charge in [-0.3, -0.25) is 9.63 Å². The topological polar surface area (TPSA) is 77.2 Å². The number of nitrogens with zero attached hydrogens (tertiary/aromatic N) is 2. The van der Waals surface area contributed by atoms with Gasteiger partial charge in [0.1, 0.15) is 0 Å². The van der Waals surface area contributed by atoms with E-state index in [2.05, 4.69) is 15.6 Å². The van der Waals surface area contributed by atoms with Crippen molar-refractivity contribution in [2.24, 2.45) is 0 Å². The first kappa shape index (κ1) is 15.2. The number of carbonyl (C=O) groups excluding carboxylic acids is 1. The fraction of sp³-hybridized carbons (Fsp3) is 0.400. The molecule has 1 aromatic heterocycles. The van der Waals surface area contributed by atoms with Crippen LogP contribution in [0.25, 0.3) is 0 Å². The van der Waals surface area contributed by atoms with Crippen molar-refractivity contribution in [3.8, 4) is 0 Å². The van der Waals surface area contributed by atoms with Crippen LogP contribution in [0.4, 0.5) is 0 Å². The minimum atomic E-state index is -0.213. The zero-order valence-electron chi connectivity index (χ0n) is 12.2. The Hall–Kier alpha value is -2.21. The smallest absolute Gasteiger partial charge is 0.244 e. The number of rotatable bonds is 7. The first-order chi connectivity index (χ1) is 10.1. The number of carbonyl (C=O) groups is 1. The van der Waals surface area contributed by atoms with E-state index < -0.39 is 0 Å². The van der Waals surface area contributed by atoms with Crippen LogP contribution in [0.1, 0.15) is 43.5 Å². The molecular formula is C15H19N3O3. The normalized spacial score (nSPS) is 10.8. The van der Waals surface area contributed by atoms with Gasteiger partial charge in [-0.25, -0.2) is 5.48 Å². The van der Waals surface area contributed by atoms with Crippen molar-refractivity contribution in [2.45, 2.75) is 39.2 Å². The summed E-state index contributed by atoms with van der Waals surface area (Å²) in [7, 11) is 0. The molecule has 0 atom stereocenters. The Bertz CT molecular complexity index is 567. The van der Waals surface area contributed by atoms with E-state index in [-0.39, 0.29) is 18.2 Å². The molecule has 0 aliphatic heterocycles. The van der Waals surface area contributed by atoms with Gasteiger partial charge in [-0.1, -0.05) is 49.3 Å². The number of benzene rings is 1. The highest BCUT2D eigenvalue weighted by atomic mass is 16.6. The van der Waals surface area contributed by atoms with E-state index in [1.165, 1.54) is 0 Å². The van der Waals surface area contributed by atoms with Crippen LogP contribution in [-0.2, 0) is 22.7 Å². The first-order valence-corrected chi connectivity index (χ1v) is 6.92. The molecule has 0 unspecified atom stereocenters. The van der Waals surface area contributed by atoms with E-state index in [4.69, 9.17) is 9.36 Å². The summed E-state index contributed by atoms with van der Waals surface area (Å²) < 4.78 is 5.07. The summed E-state index contributed by atoms with van der Waals surface area (Å²) in [6.45, 7) is 4.31. The van der Waals surface area contributed by atoms with E-state index in [0.717, 1.165) is 5.56 Å². The predicted octanol–water partition coefficient (Wildman–Crippen LogP) is 2.37. The second-order valence-electron chi connectivity index (χ2n) is 5.00. The predicted molar refractivity (Wildman–Crippen MR) is 76.1 cm³/mol. The molecule has 2 rings (SSSR count). The molecule has 0 saturated heterocycles. The maximum Gasteiger partial charge on any atom is 0.244 e. The largest absolute Gasteiger partial charge is 0.339 e. The second kappa shape index (κ2) is 7.54. The minimum absolute atomic E-state index is 0.213. The van der Waals surface area contributed by atoms with Crippen LogP contribution in [0, 0.1) is 0 Å². The van der Waals surface area contributed by atoms with Gasteiger partial charge in [-0.2, -0.15) is 4.98 Å². The lowest BCUT2D eigenvalue weighted by Gasteiger charge is -2.04. The van der Waals surface area contributed by atoms with Crippen LogP contribution in [0.2, 0.25) is 0 Å². The Balaban J connectivity index is 1.67. The van der Waals surface area contributed by atoms with Gasteiger partial charge in [0.25, 0.3) is 0 Å². The lowest BCUT2D eigenvalue weighted by molar-refractivity contribution is -0.134. The van der Waals surface area contributed by atoms with Crippen LogP contribution >= 0.6 is 0 Å². The zero-order chi connectivity index (χ0) is 15.1. The molecule has 1 aromatic carbocycles. The Kier molecular flexibility index (Phi) is 5.45. The Morgan fingerprint density at radius 1 is 1.33 bits per heavy atom. The Morgan fingerprint density at radius 2 is 2.10 bits per heavy atom. The summed E-state index contributed by atoms with van der Waals surface area (Å²) in [6, 6.07) is 9.62. The van der Waals surface area contributed by atoms with E-state index in [0.29, 0.717) is 24.7 Å². The molecule has 1 amide bonds. The number of amides is 1. The quantitative estimate of drug-likeness (QED) is 0.792. The Morgan fingerprint density at radius 3 is 2.76 bits per heavy atom. The summed E-state index contributed by atoms with van der Waals surface area (Å²) in [5.41, 5.74) is 3.40. The first-order valence-electron chi connectivity index (χ1n) is 6.92. The summed E-state index contributed by atoms with van der Waals surface area (Å²) >= 11 is 0. The SMILES string of the molecule is CC(C)c1noc(CCC(=O)NOCc2ccccc2)n1. The molecule has 6 nitrogen and oxygen atoms in total. The van der Waals surface area contributed by atoms with Crippen LogP contribution in [0.15, 0.2) is 34.9 Å². The highest BCUT2D eigenvalue weighted by molar-refractivity contribution is 5.74. The summed E-state index contributed by atoms with van der Waals surface area (Å²) in [5, 5.41) is 3.85. The number of aromatic nitrogens is 2. The molecule has 0 bridgehead atoms. The maximum absolute atomic E-state index is 11.6. The average Bonchev–Trinajstić information content (AvgIpc) is 2.95. The molecule has 2 aromatic rings. The van der Waals surface area contributed by atoms with Crippen molar-refractivity contribution in [3.05, 3.63) is 47.6 Å². The zero-order valence-corrected chi connectivity index (χ0v) is 12.2. The number of hydroxylamine groups is 1. The lowest BCUT2D eigenvalue weighted by Crippen LogP contribution is -2.23.